The number of nitrogens with zero attached hydrogens (tertiary/aromatic N) is 3. The highest BCUT2D eigenvalue weighted by Crippen LogP contribution is 2.26. The van der Waals surface area contributed by atoms with Gasteiger partial charge >= 0.3 is 0 Å². The van der Waals surface area contributed by atoms with Crippen molar-refractivity contribution >= 4 is 11.6 Å². The van der Waals surface area contributed by atoms with Gasteiger partial charge in [0.1, 0.15) is 36.1 Å². The van der Waals surface area contributed by atoms with E-state index in [1.165, 1.54) is 5.56 Å². The second kappa shape index (κ2) is 11.3. The summed E-state index contributed by atoms with van der Waals surface area (Å²) < 4.78 is 13.9. The van der Waals surface area contributed by atoms with Crippen LogP contribution in [0.4, 0.5) is 0 Å². The van der Waals surface area contributed by atoms with Crippen LogP contribution >= 0.6 is 11.6 Å². The van der Waals surface area contributed by atoms with Crippen molar-refractivity contribution in [2.75, 3.05) is 26.3 Å². The molecule has 1 saturated heterocycles. The van der Waals surface area contributed by atoms with Crippen molar-refractivity contribution < 1.29 is 14.6 Å². The van der Waals surface area contributed by atoms with Gasteiger partial charge in [-0.3, -0.25) is 4.90 Å². The second-order valence-corrected chi connectivity index (χ2v) is 9.81. The minimum Gasteiger partial charge on any atom is -0.492 e. The first-order valence-electron chi connectivity index (χ1n) is 12.0. The van der Waals surface area contributed by atoms with Crippen molar-refractivity contribution in [3.63, 3.8) is 0 Å². The van der Waals surface area contributed by atoms with Gasteiger partial charge in [-0.2, -0.15) is 0 Å². The average molecular weight is 484 g/mol. The van der Waals surface area contributed by atoms with Crippen LogP contribution in [0.1, 0.15) is 44.0 Å². The Bertz CT molecular complexity index is 1040. The molecule has 1 aliphatic heterocycles. The summed E-state index contributed by atoms with van der Waals surface area (Å²) in [7, 11) is 0. The number of hydrogen-bond donors (Lipinski definition) is 1. The number of piperidine rings is 1. The average Bonchev–Trinajstić information content (AvgIpc) is 3.30. The van der Waals surface area contributed by atoms with E-state index in [-0.39, 0.29) is 6.61 Å². The summed E-state index contributed by atoms with van der Waals surface area (Å²) in [5.74, 6) is 3.05. The number of hydrogen-bond acceptors (Lipinski definition) is 5. The summed E-state index contributed by atoms with van der Waals surface area (Å²) in [6.45, 7) is 8.49. The van der Waals surface area contributed by atoms with Crippen LogP contribution in [0.2, 0.25) is 5.02 Å². The number of ether oxygens (including phenoxy) is 2. The summed E-state index contributed by atoms with van der Waals surface area (Å²) in [5.41, 5.74) is 0.436. The molecule has 0 saturated carbocycles. The molecule has 0 aliphatic carbocycles. The van der Waals surface area contributed by atoms with E-state index in [0.717, 1.165) is 37.8 Å². The van der Waals surface area contributed by atoms with E-state index in [9.17, 15) is 5.11 Å². The molecule has 0 unspecified atom stereocenters. The van der Waals surface area contributed by atoms with E-state index in [4.69, 9.17) is 21.1 Å². The van der Waals surface area contributed by atoms with Crippen LogP contribution in [0.15, 0.2) is 60.9 Å². The van der Waals surface area contributed by atoms with E-state index in [1.807, 2.05) is 42.7 Å². The Morgan fingerprint density at radius 3 is 2.53 bits per heavy atom. The van der Waals surface area contributed by atoms with E-state index in [2.05, 4.69) is 40.4 Å². The molecule has 34 heavy (non-hydrogen) atoms. The number of likely N-dealkylation sites (tertiary alicyclic amines) is 1. The van der Waals surface area contributed by atoms with Gasteiger partial charge in [-0.05, 0) is 48.7 Å². The van der Waals surface area contributed by atoms with E-state index in [1.54, 1.807) is 6.07 Å². The molecule has 7 heteroatoms. The summed E-state index contributed by atoms with van der Waals surface area (Å²) >= 11 is 6.01. The van der Waals surface area contributed by atoms with Crippen molar-refractivity contribution in [3.8, 4) is 11.5 Å². The second-order valence-electron chi connectivity index (χ2n) is 9.37. The predicted octanol–water partition coefficient (Wildman–Crippen LogP) is 5.14. The Kier molecular flexibility index (Phi) is 8.14. The van der Waals surface area contributed by atoms with Crippen molar-refractivity contribution in [2.24, 2.45) is 0 Å². The predicted molar refractivity (Wildman–Crippen MR) is 135 cm³/mol. The van der Waals surface area contributed by atoms with Gasteiger partial charge in [0.2, 0.25) is 0 Å². The Morgan fingerprint density at radius 1 is 1.06 bits per heavy atom. The lowest BCUT2D eigenvalue weighted by molar-refractivity contribution is -0.0537. The number of halogens is 1. The summed E-state index contributed by atoms with van der Waals surface area (Å²) in [6, 6.07) is 15.6. The van der Waals surface area contributed by atoms with Crippen LogP contribution in [0.5, 0.6) is 11.5 Å². The molecule has 0 amide bonds. The first-order valence-corrected chi connectivity index (χ1v) is 12.3. The number of imidazole rings is 1. The Morgan fingerprint density at radius 2 is 1.82 bits per heavy atom. The molecule has 1 fully saturated rings. The molecule has 3 aromatic rings. The topological polar surface area (TPSA) is 59.8 Å². The number of rotatable bonds is 10. The van der Waals surface area contributed by atoms with Gasteiger partial charge in [-0.1, -0.05) is 43.6 Å². The smallest absolute Gasteiger partial charge is 0.120 e. The van der Waals surface area contributed by atoms with Gasteiger partial charge in [-0.15, -0.1) is 0 Å². The zero-order valence-electron chi connectivity index (χ0n) is 20.0. The maximum absolute atomic E-state index is 10.9. The summed E-state index contributed by atoms with van der Waals surface area (Å²) in [6.07, 6.45) is 5.21. The quantitative estimate of drug-likeness (QED) is 0.432. The van der Waals surface area contributed by atoms with Crippen LogP contribution in [0, 0.1) is 0 Å². The molecule has 2 heterocycles. The van der Waals surface area contributed by atoms with Gasteiger partial charge in [0.15, 0.2) is 0 Å². The first kappa shape index (κ1) is 24.6. The highest BCUT2D eigenvalue weighted by molar-refractivity contribution is 6.30. The molecule has 182 valence electrons. The fraction of sp³-hybridized carbons (Fsp3) is 0.444. The summed E-state index contributed by atoms with van der Waals surface area (Å²) in [4.78, 5) is 6.79. The third-order valence-corrected chi connectivity index (χ3v) is 6.52. The molecule has 1 aromatic heterocycles. The zero-order chi connectivity index (χ0) is 24.0. The molecule has 6 nitrogen and oxygen atoms in total. The van der Waals surface area contributed by atoms with Gasteiger partial charge in [-0.25, -0.2) is 4.98 Å². The standard InChI is InChI=1S/C27H34ClN3O3/c1-21(2)26-29-12-15-31(26)16-17-33-24-8-6-22(7-9-24)19-30-13-10-27(32,11-14-30)20-34-25-5-3-4-23(28)18-25/h3-9,12,15,18,21,32H,10-11,13-14,16-17,19-20H2,1-2H3. The van der Waals surface area contributed by atoms with Gasteiger partial charge in [0, 0.05) is 43.0 Å². The lowest BCUT2D eigenvalue weighted by Crippen LogP contribution is -2.47. The molecule has 0 atom stereocenters. The summed E-state index contributed by atoms with van der Waals surface area (Å²) in [5, 5.41) is 11.5. The molecule has 0 radical (unpaired) electrons. The van der Waals surface area contributed by atoms with Gasteiger partial charge in [0.05, 0.1) is 6.54 Å². The normalized spacial score (nSPS) is 16.0. The maximum atomic E-state index is 10.9. The minimum atomic E-state index is -0.804. The highest BCUT2D eigenvalue weighted by Gasteiger charge is 2.33. The van der Waals surface area contributed by atoms with Crippen molar-refractivity contribution in [2.45, 2.75) is 51.3 Å². The number of aromatic nitrogens is 2. The third-order valence-electron chi connectivity index (χ3n) is 6.28. The van der Waals surface area contributed by atoms with Crippen LogP contribution in [0.3, 0.4) is 0 Å². The molecule has 0 spiro atoms. The monoisotopic (exact) mass is 483 g/mol. The Balaban J connectivity index is 1.19. The number of benzene rings is 2. The van der Waals surface area contributed by atoms with Gasteiger partial charge < -0.3 is 19.1 Å². The van der Waals surface area contributed by atoms with Crippen molar-refractivity contribution in [3.05, 3.63) is 77.3 Å². The van der Waals surface area contributed by atoms with Crippen LogP contribution in [-0.4, -0.2) is 51.5 Å². The molecule has 1 N–H and O–H groups in total. The first-order chi connectivity index (χ1) is 16.4. The van der Waals surface area contributed by atoms with Crippen LogP contribution in [0.25, 0.3) is 0 Å². The van der Waals surface area contributed by atoms with Crippen molar-refractivity contribution in [1.82, 2.24) is 14.5 Å². The van der Waals surface area contributed by atoms with E-state index in [0.29, 0.717) is 36.1 Å². The molecule has 0 bridgehead atoms. The molecular formula is C27H34ClN3O3. The minimum absolute atomic E-state index is 0.283. The van der Waals surface area contributed by atoms with Crippen LogP contribution in [-0.2, 0) is 13.1 Å². The molecule has 2 aromatic carbocycles. The molecular weight excluding hydrogens is 450 g/mol. The fourth-order valence-electron chi connectivity index (χ4n) is 4.27. The lowest BCUT2D eigenvalue weighted by atomic mass is 9.92. The SMILES string of the molecule is CC(C)c1nccn1CCOc1ccc(CN2CCC(O)(COc3cccc(Cl)c3)CC2)cc1. The molecule has 1 aliphatic rings. The molecule has 4 rings (SSSR count). The van der Waals surface area contributed by atoms with E-state index < -0.39 is 5.60 Å². The Hall–Kier alpha value is -2.54. The van der Waals surface area contributed by atoms with Gasteiger partial charge in [0.25, 0.3) is 0 Å². The lowest BCUT2D eigenvalue weighted by Gasteiger charge is -2.38. The van der Waals surface area contributed by atoms with Crippen molar-refractivity contribution in [1.29, 1.82) is 0 Å². The van der Waals surface area contributed by atoms with Crippen LogP contribution < -0.4 is 9.47 Å². The fourth-order valence-corrected chi connectivity index (χ4v) is 4.45. The van der Waals surface area contributed by atoms with E-state index >= 15 is 0 Å². The zero-order valence-corrected chi connectivity index (χ0v) is 20.7. The Labute approximate surface area is 207 Å². The number of aliphatic hydroxyl groups is 1. The maximum Gasteiger partial charge on any atom is 0.120 e. The third kappa shape index (κ3) is 6.75. The largest absolute Gasteiger partial charge is 0.492 e. The highest BCUT2D eigenvalue weighted by atomic mass is 35.5.